The van der Waals surface area contributed by atoms with Crippen molar-refractivity contribution in [2.75, 3.05) is 38.5 Å². The maximum atomic E-state index is 12.4. The standard InChI is InChI=1S/C18H21ClN4O/c1-22-8-10-23(11-9-22)18(24)17-7-6-15(13-21-17)20-12-14-4-2-3-5-16(14)19/h2-7,13,20H,8-12H2,1H3. The first-order chi connectivity index (χ1) is 11.6. The second-order valence-corrected chi connectivity index (χ2v) is 6.38. The number of nitrogens with one attached hydrogen (secondary N) is 1. The van der Waals surface area contributed by atoms with Crippen molar-refractivity contribution in [2.45, 2.75) is 6.54 Å². The minimum atomic E-state index is 0.000698. The molecule has 1 aliphatic rings. The van der Waals surface area contributed by atoms with Gasteiger partial charge in [0.25, 0.3) is 5.91 Å². The molecule has 1 saturated heterocycles. The van der Waals surface area contributed by atoms with Gasteiger partial charge in [0, 0.05) is 37.7 Å². The predicted molar refractivity (Wildman–Crippen MR) is 96.4 cm³/mol. The molecule has 0 aliphatic carbocycles. The lowest BCUT2D eigenvalue weighted by Gasteiger charge is -2.32. The molecular weight excluding hydrogens is 324 g/mol. The topological polar surface area (TPSA) is 48.5 Å². The largest absolute Gasteiger partial charge is 0.380 e. The zero-order valence-corrected chi connectivity index (χ0v) is 14.5. The van der Waals surface area contributed by atoms with Gasteiger partial charge in [-0.15, -0.1) is 0 Å². The van der Waals surface area contributed by atoms with Gasteiger partial charge in [0.2, 0.25) is 0 Å². The molecule has 0 radical (unpaired) electrons. The minimum absolute atomic E-state index is 0.000698. The number of benzene rings is 1. The average Bonchev–Trinajstić information content (AvgIpc) is 2.62. The number of nitrogens with zero attached hydrogens (tertiary/aromatic N) is 3. The molecule has 1 aromatic heterocycles. The van der Waals surface area contributed by atoms with Crippen molar-refractivity contribution < 1.29 is 4.79 Å². The predicted octanol–water partition coefficient (Wildman–Crippen LogP) is 2.73. The number of anilines is 1. The van der Waals surface area contributed by atoms with Crippen LogP contribution in [0.4, 0.5) is 5.69 Å². The molecule has 24 heavy (non-hydrogen) atoms. The molecule has 1 aromatic carbocycles. The number of aromatic nitrogens is 1. The Kier molecular flexibility index (Phi) is 5.33. The number of piperazine rings is 1. The van der Waals surface area contributed by atoms with E-state index in [9.17, 15) is 4.79 Å². The smallest absolute Gasteiger partial charge is 0.272 e. The average molecular weight is 345 g/mol. The van der Waals surface area contributed by atoms with E-state index >= 15 is 0 Å². The first-order valence-corrected chi connectivity index (χ1v) is 8.42. The summed E-state index contributed by atoms with van der Waals surface area (Å²) >= 11 is 6.14. The van der Waals surface area contributed by atoms with Crippen LogP contribution in [-0.4, -0.2) is 53.9 Å². The van der Waals surface area contributed by atoms with E-state index in [4.69, 9.17) is 11.6 Å². The number of likely N-dealkylation sites (N-methyl/N-ethyl adjacent to an activating group) is 1. The molecule has 0 saturated carbocycles. The molecule has 126 valence electrons. The molecular formula is C18H21ClN4O. The molecule has 1 N–H and O–H groups in total. The molecule has 0 spiro atoms. The summed E-state index contributed by atoms with van der Waals surface area (Å²) in [5.41, 5.74) is 2.38. The summed E-state index contributed by atoms with van der Waals surface area (Å²) in [6, 6.07) is 11.4. The van der Waals surface area contributed by atoms with E-state index in [1.165, 1.54) is 0 Å². The monoisotopic (exact) mass is 344 g/mol. The van der Waals surface area contributed by atoms with Gasteiger partial charge in [0.1, 0.15) is 5.69 Å². The number of hydrogen-bond acceptors (Lipinski definition) is 4. The van der Waals surface area contributed by atoms with Crippen molar-refractivity contribution >= 4 is 23.2 Å². The molecule has 0 atom stereocenters. The molecule has 2 aromatic rings. The molecule has 0 bridgehead atoms. The summed E-state index contributed by atoms with van der Waals surface area (Å²) in [6.45, 7) is 3.94. The first-order valence-electron chi connectivity index (χ1n) is 8.04. The minimum Gasteiger partial charge on any atom is -0.380 e. The summed E-state index contributed by atoms with van der Waals surface area (Å²) in [4.78, 5) is 20.8. The number of halogens is 1. The number of carbonyl (C=O) groups is 1. The highest BCUT2D eigenvalue weighted by Gasteiger charge is 2.21. The fraction of sp³-hybridized carbons (Fsp3) is 0.333. The van der Waals surface area contributed by atoms with Gasteiger partial charge in [0.05, 0.1) is 11.9 Å². The SMILES string of the molecule is CN1CCN(C(=O)c2ccc(NCc3ccccc3Cl)cn2)CC1. The number of carbonyl (C=O) groups excluding carboxylic acids is 1. The number of pyridine rings is 1. The van der Waals surface area contributed by atoms with Crippen LogP contribution in [0.5, 0.6) is 0 Å². The van der Waals surface area contributed by atoms with Crippen molar-refractivity contribution in [3.05, 3.63) is 58.9 Å². The van der Waals surface area contributed by atoms with E-state index in [0.717, 1.165) is 42.5 Å². The van der Waals surface area contributed by atoms with Crippen LogP contribution in [0, 0.1) is 0 Å². The van der Waals surface area contributed by atoms with E-state index in [2.05, 4.69) is 22.2 Å². The fourth-order valence-corrected chi connectivity index (χ4v) is 2.84. The molecule has 3 rings (SSSR count). The first kappa shape index (κ1) is 16.7. The van der Waals surface area contributed by atoms with E-state index in [0.29, 0.717) is 12.2 Å². The maximum absolute atomic E-state index is 12.4. The molecule has 5 nitrogen and oxygen atoms in total. The highest BCUT2D eigenvalue weighted by molar-refractivity contribution is 6.31. The van der Waals surface area contributed by atoms with E-state index in [1.54, 1.807) is 12.3 Å². The Morgan fingerprint density at radius 1 is 1.17 bits per heavy atom. The third kappa shape index (κ3) is 4.04. The van der Waals surface area contributed by atoms with Gasteiger partial charge < -0.3 is 15.1 Å². The van der Waals surface area contributed by atoms with Crippen LogP contribution in [-0.2, 0) is 6.54 Å². The lowest BCUT2D eigenvalue weighted by molar-refractivity contribution is 0.0658. The highest BCUT2D eigenvalue weighted by atomic mass is 35.5. The Morgan fingerprint density at radius 3 is 2.58 bits per heavy atom. The van der Waals surface area contributed by atoms with Crippen LogP contribution in [0.15, 0.2) is 42.6 Å². The lowest BCUT2D eigenvalue weighted by atomic mass is 10.2. The maximum Gasteiger partial charge on any atom is 0.272 e. The number of rotatable bonds is 4. The van der Waals surface area contributed by atoms with Gasteiger partial charge in [-0.3, -0.25) is 4.79 Å². The number of hydrogen-bond donors (Lipinski definition) is 1. The summed E-state index contributed by atoms with van der Waals surface area (Å²) in [5.74, 6) is 0.000698. The second-order valence-electron chi connectivity index (χ2n) is 5.97. The van der Waals surface area contributed by atoms with Crippen LogP contribution in [0.2, 0.25) is 5.02 Å². The van der Waals surface area contributed by atoms with Crippen LogP contribution >= 0.6 is 11.6 Å². The third-order valence-corrected chi connectivity index (χ3v) is 4.58. The van der Waals surface area contributed by atoms with Crippen molar-refractivity contribution in [3.8, 4) is 0 Å². The van der Waals surface area contributed by atoms with Crippen LogP contribution in [0.1, 0.15) is 16.1 Å². The van der Waals surface area contributed by atoms with Gasteiger partial charge in [-0.05, 0) is 30.8 Å². The Bertz CT molecular complexity index is 696. The van der Waals surface area contributed by atoms with Crippen LogP contribution in [0.3, 0.4) is 0 Å². The molecule has 1 fully saturated rings. The Balaban J connectivity index is 1.59. The van der Waals surface area contributed by atoms with E-state index in [-0.39, 0.29) is 5.91 Å². The molecule has 1 amide bonds. The van der Waals surface area contributed by atoms with Gasteiger partial charge in [0.15, 0.2) is 0 Å². The summed E-state index contributed by atoms with van der Waals surface area (Å²) in [5, 5.41) is 4.01. The van der Waals surface area contributed by atoms with Crippen molar-refractivity contribution in [2.24, 2.45) is 0 Å². The summed E-state index contributed by atoms with van der Waals surface area (Å²) in [6.07, 6.45) is 1.69. The molecule has 2 heterocycles. The second kappa shape index (κ2) is 7.64. The van der Waals surface area contributed by atoms with Gasteiger partial charge in [-0.25, -0.2) is 4.98 Å². The Hall–Kier alpha value is -2.11. The fourth-order valence-electron chi connectivity index (χ4n) is 2.64. The molecule has 0 unspecified atom stereocenters. The zero-order chi connectivity index (χ0) is 16.9. The molecule has 6 heteroatoms. The summed E-state index contributed by atoms with van der Waals surface area (Å²) in [7, 11) is 2.07. The van der Waals surface area contributed by atoms with Crippen molar-refractivity contribution in [1.82, 2.24) is 14.8 Å². The number of amides is 1. The van der Waals surface area contributed by atoms with Gasteiger partial charge in [-0.1, -0.05) is 29.8 Å². The van der Waals surface area contributed by atoms with Gasteiger partial charge in [-0.2, -0.15) is 0 Å². The Morgan fingerprint density at radius 2 is 1.92 bits per heavy atom. The lowest BCUT2D eigenvalue weighted by Crippen LogP contribution is -2.47. The quantitative estimate of drug-likeness (QED) is 0.926. The highest BCUT2D eigenvalue weighted by Crippen LogP contribution is 2.17. The van der Waals surface area contributed by atoms with Gasteiger partial charge >= 0.3 is 0 Å². The van der Waals surface area contributed by atoms with E-state index in [1.807, 2.05) is 35.2 Å². The van der Waals surface area contributed by atoms with Crippen molar-refractivity contribution in [3.63, 3.8) is 0 Å². The van der Waals surface area contributed by atoms with Crippen LogP contribution in [0.25, 0.3) is 0 Å². The Labute approximate surface area is 147 Å². The van der Waals surface area contributed by atoms with Crippen LogP contribution < -0.4 is 5.32 Å². The zero-order valence-electron chi connectivity index (χ0n) is 13.7. The summed E-state index contributed by atoms with van der Waals surface area (Å²) < 4.78 is 0. The third-order valence-electron chi connectivity index (χ3n) is 4.21. The van der Waals surface area contributed by atoms with E-state index < -0.39 is 0 Å². The molecule has 1 aliphatic heterocycles. The normalized spacial score (nSPS) is 15.3. The van der Waals surface area contributed by atoms with Crippen molar-refractivity contribution in [1.29, 1.82) is 0 Å².